The lowest BCUT2D eigenvalue weighted by Gasteiger charge is -2.03. The largest absolute Gasteiger partial charge is 0.478 e. The van der Waals surface area contributed by atoms with E-state index in [1.807, 2.05) is 23.9 Å². The van der Waals surface area contributed by atoms with E-state index in [0.717, 1.165) is 12.2 Å². The van der Waals surface area contributed by atoms with Crippen molar-refractivity contribution in [1.29, 1.82) is 0 Å². The highest BCUT2D eigenvalue weighted by Gasteiger charge is 2.01. The Morgan fingerprint density at radius 2 is 1.83 bits per heavy atom. The summed E-state index contributed by atoms with van der Waals surface area (Å²) in [5.41, 5.74) is 1.59. The second kappa shape index (κ2) is 9.03. The molecule has 0 fully saturated rings. The maximum absolute atomic E-state index is 10.7. The van der Waals surface area contributed by atoms with Crippen LogP contribution >= 0.6 is 11.8 Å². The van der Waals surface area contributed by atoms with Gasteiger partial charge in [-0.3, -0.25) is 0 Å². The molecule has 0 unspecified atom stereocenters. The number of aromatic carboxylic acids is 1. The average Bonchev–Trinajstić information content (AvgIpc) is 2.38. The molecule has 0 amide bonds. The first-order valence-corrected chi connectivity index (χ1v) is 7.79. The number of benzene rings is 1. The Kier molecular flexibility index (Phi) is 7.58. The van der Waals surface area contributed by atoms with Crippen LogP contribution in [-0.4, -0.2) is 22.6 Å². The number of carbonyl (C=O) groups is 1. The Hall–Kier alpha value is -0.960. The highest BCUT2D eigenvalue weighted by Crippen LogP contribution is 2.11. The Bertz CT molecular complexity index is 346. The molecule has 0 atom stereocenters. The van der Waals surface area contributed by atoms with Crippen LogP contribution in [0.2, 0.25) is 0 Å². The van der Waals surface area contributed by atoms with E-state index in [9.17, 15) is 4.79 Å². The number of hydrogen-bond acceptors (Lipinski definition) is 2. The van der Waals surface area contributed by atoms with Gasteiger partial charge in [0.2, 0.25) is 0 Å². The first kappa shape index (κ1) is 15.1. The van der Waals surface area contributed by atoms with Gasteiger partial charge in [-0.1, -0.05) is 38.3 Å². The fraction of sp³-hybridized carbons (Fsp3) is 0.533. The summed E-state index contributed by atoms with van der Waals surface area (Å²) in [7, 11) is 0. The number of carboxylic acid groups (broad SMARTS) is 1. The van der Waals surface area contributed by atoms with Gasteiger partial charge in [0.15, 0.2) is 0 Å². The van der Waals surface area contributed by atoms with Gasteiger partial charge in [0.25, 0.3) is 0 Å². The van der Waals surface area contributed by atoms with Crippen LogP contribution in [0.25, 0.3) is 0 Å². The van der Waals surface area contributed by atoms with Crippen molar-refractivity contribution in [2.75, 3.05) is 11.5 Å². The van der Waals surface area contributed by atoms with Crippen LogP contribution in [0.4, 0.5) is 0 Å². The summed E-state index contributed by atoms with van der Waals surface area (Å²) in [5.74, 6) is 1.51. The van der Waals surface area contributed by atoms with Gasteiger partial charge in [-0.05, 0) is 42.0 Å². The third-order valence-corrected chi connectivity index (χ3v) is 3.95. The van der Waals surface area contributed by atoms with Gasteiger partial charge in [0.1, 0.15) is 0 Å². The number of carboxylic acids is 1. The number of aryl methyl sites for hydroxylation is 1. The molecule has 0 spiro atoms. The standard InChI is InChI=1S/C15H22O2S/c1-2-3-4-5-11-18-12-10-13-6-8-14(9-7-13)15(16)17/h6-9H,2-5,10-12H2,1H3,(H,16,17). The zero-order valence-corrected chi connectivity index (χ0v) is 11.8. The van der Waals surface area contributed by atoms with E-state index >= 15 is 0 Å². The normalized spacial score (nSPS) is 10.5. The van der Waals surface area contributed by atoms with Gasteiger partial charge in [-0.15, -0.1) is 0 Å². The summed E-state index contributed by atoms with van der Waals surface area (Å²) in [6.45, 7) is 2.23. The van der Waals surface area contributed by atoms with Crippen molar-refractivity contribution in [3.05, 3.63) is 35.4 Å². The van der Waals surface area contributed by atoms with E-state index in [4.69, 9.17) is 5.11 Å². The maximum atomic E-state index is 10.7. The second-order valence-corrected chi connectivity index (χ2v) is 5.65. The summed E-state index contributed by atoms with van der Waals surface area (Å²) < 4.78 is 0. The molecule has 0 bridgehead atoms. The molecule has 2 nitrogen and oxygen atoms in total. The molecule has 0 aliphatic heterocycles. The first-order valence-electron chi connectivity index (χ1n) is 6.64. The molecule has 0 radical (unpaired) electrons. The molecule has 1 N–H and O–H groups in total. The minimum absolute atomic E-state index is 0.367. The van der Waals surface area contributed by atoms with Crippen molar-refractivity contribution in [2.45, 2.75) is 39.0 Å². The second-order valence-electron chi connectivity index (χ2n) is 4.43. The predicted molar refractivity (Wildman–Crippen MR) is 78.6 cm³/mol. The molecule has 0 aliphatic rings. The van der Waals surface area contributed by atoms with E-state index < -0.39 is 5.97 Å². The third-order valence-electron chi connectivity index (χ3n) is 2.88. The molecule has 18 heavy (non-hydrogen) atoms. The molecule has 100 valence electrons. The van der Waals surface area contributed by atoms with Gasteiger partial charge in [-0.25, -0.2) is 4.79 Å². The van der Waals surface area contributed by atoms with Crippen LogP contribution in [0.15, 0.2) is 24.3 Å². The van der Waals surface area contributed by atoms with Crippen molar-refractivity contribution in [3.8, 4) is 0 Å². The van der Waals surface area contributed by atoms with Crippen molar-refractivity contribution in [3.63, 3.8) is 0 Å². The van der Waals surface area contributed by atoms with Gasteiger partial charge in [0, 0.05) is 0 Å². The summed E-state index contributed by atoms with van der Waals surface area (Å²) in [4.78, 5) is 10.7. The Morgan fingerprint density at radius 1 is 1.11 bits per heavy atom. The summed E-state index contributed by atoms with van der Waals surface area (Å²) in [5, 5.41) is 8.79. The zero-order valence-electron chi connectivity index (χ0n) is 11.0. The maximum Gasteiger partial charge on any atom is 0.335 e. The highest BCUT2D eigenvalue weighted by atomic mass is 32.2. The van der Waals surface area contributed by atoms with E-state index in [2.05, 4.69) is 6.92 Å². The van der Waals surface area contributed by atoms with E-state index in [1.165, 1.54) is 37.0 Å². The van der Waals surface area contributed by atoms with Gasteiger partial charge >= 0.3 is 5.97 Å². The Labute approximate surface area is 114 Å². The molecular weight excluding hydrogens is 244 g/mol. The molecule has 0 aliphatic carbocycles. The van der Waals surface area contributed by atoms with E-state index in [0.29, 0.717) is 5.56 Å². The smallest absolute Gasteiger partial charge is 0.335 e. The molecule has 0 saturated carbocycles. The van der Waals surface area contributed by atoms with Crippen LogP contribution in [-0.2, 0) is 6.42 Å². The molecule has 0 heterocycles. The SMILES string of the molecule is CCCCCCSCCc1ccc(C(=O)O)cc1. The van der Waals surface area contributed by atoms with Gasteiger partial charge in [0.05, 0.1) is 5.56 Å². The molecule has 1 aromatic rings. The summed E-state index contributed by atoms with van der Waals surface area (Å²) in [6.07, 6.45) is 6.32. The first-order chi connectivity index (χ1) is 8.74. The number of thioether (sulfide) groups is 1. The van der Waals surface area contributed by atoms with Crippen molar-refractivity contribution in [1.82, 2.24) is 0 Å². The van der Waals surface area contributed by atoms with Gasteiger partial charge in [-0.2, -0.15) is 11.8 Å². The molecule has 0 aromatic heterocycles. The minimum Gasteiger partial charge on any atom is -0.478 e. The highest BCUT2D eigenvalue weighted by molar-refractivity contribution is 7.99. The fourth-order valence-corrected chi connectivity index (χ4v) is 2.73. The van der Waals surface area contributed by atoms with E-state index in [1.54, 1.807) is 12.1 Å². The lowest BCUT2D eigenvalue weighted by Crippen LogP contribution is -1.97. The topological polar surface area (TPSA) is 37.3 Å². The molecular formula is C15H22O2S. The fourth-order valence-electron chi connectivity index (χ4n) is 1.74. The molecule has 1 rings (SSSR count). The number of rotatable bonds is 9. The quantitative estimate of drug-likeness (QED) is 0.679. The van der Waals surface area contributed by atoms with Crippen LogP contribution < -0.4 is 0 Å². The Morgan fingerprint density at radius 3 is 2.44 bits per heavy atom. The summed E-state index contributed by atoms with van der Waals surface area (Å²) >= 11 is 1.99. The number of unbranched alkanes of at least 4 members (excludes halogenated alkanes) is 3. The van der Waals surface area contributed by atoms with Crippen molar-refractivity contribution < 1.29 is 9.90 Å². The molecule has 1 aromatic carbocycles. The molecule has 3 heteroatoms. The van der Waals surface area contributed by atoms with Crippen LogP contribution in [0, 0.1) is 0 Å². The number of hydrogen-bond donors (Lipinski definition) is 1. The van der Waals surface area contributed by atoms with Crippen LogP contribution in [0.5, 0.6) is 0 Å². The van der Waals surface area contributed by atoms with E-state index in [-0.39, 0.29) is 0 Å². The lowest BCUT2D eigenvalue weighted by atomic mass is 10.1. The van der Waals surface area contributed by atoms with Crippen molar-refractivity contribution >= 4 is 17.7 Å². The van der Waals surface area contributed by atoms with Crippen LogP contribution in [0.1, 0.15) is 48.5 Å². The van der Waals surface area contributed by atoms with Crippen LogP contribution in [0.3, 0.4) is 0 Å². The average molecular weight is 266 g/mol. The third kappa shape index (κ3) is 6.10. The molecule has 0 saturated heterocycles. The lowest BCUT2D eigenvalue weighted by molar-refractivity contribution is 0.0697. The predicted octanol–water partition coefficient (Wildman–Crippen LogP) is 4.24. The zero-order chi connectivity index (χ0) is 13.2. The monoisotopic (exact) mass is 266 g/mol. The van der Waals surface area contributed by atoms with Gasteiger partial charge < -0.3 is 5.11 Å². The minimum atomic E-state index is -0.855. The Balaban J connectivity index is 2.14. The van der Waals surface area contributed by atoms with Crippen molar-refractivity contribution in [2.24, 2.45) is 0 Å². The summed E-state index contributed by atoms with van der Waals surface area (Å²) in [6, 6.07) is 7.20.